The fourth-order valence-corrected chi connectivity index (χ4v) is 2.51. The topological polar surface area (TPSA) is 24.4 Å². The zero-order valence-electron chi connectivity index (χ0n) is 8.13. The third kappa shape index (κ3) is 1.77. The molecule has 0 aliphatic heterocycles. The van der Waals surface area contributed by atoms with E-state index in [-0.39, 0.29) is 0 Å². The van der Waals surface area contributed by atoms with Crippen LogP contribution in [0.3, 0.4) is 0 Å². The highest BCUT2D eigenvalue weighted by molar-refractivity contribution is 5.22. The number of allylic oxidation sites excluding steroid dienone is 2. The molecule has 1 fully saturated rings. The fraction of sp³-hybridized carbons (Fsp3) is 0.727. The highest BCUT2D eigenvalue weighted by Crippen LogP contribution is 2.58. The number of hydrazone groups is 1. The first-order chi connectivity index (χ1) is 6.37. The first-order valence-corrected chi connectivity index (χ1v) is 5.21. The van der Waals surface area contributed by atoms with E-state index in [2.05, 4.69) is 29.4 Å². The number of fused-ring (bicyclic) bond motifs is 1. The fourth-order valence-electron chi connectivity index (χ4n) is 2.51. The van der Waals surface area contributed by atoms with Gasteiger partial charge in [-0.1, -0.05) is 12.2 Å². The molecule has 2 heteroatoms. The Labute approximate surface area is 80.1 Å². The maximum Gasteiger partial charge on any atom is 0.0391 e. The number of nitrogens with one attached hydrogen (secondary N) is 1. The van der Waals surface area contributed by atoms with Crippen LogP contribution < -0.4 is 5.43 Å². The van der Waals surface area contributed by atoms with Gasteiger partial charge in [0.25, 0.3) is 0 Å². The van der Waals surface area contributed by atoms with Crippen LogP contribution in [0, 0.1) is 11.3 Å². The van der Waals surface area contributed by atoms with E-state index in [4.69, 9.17) is 0 Å². The van der Waals surface area contributed by atoms with Crippen LogP contribution >= 0.6 is 0 Å². The van der Waals surface area contributed by atoms with Gasteiger partial charge in [0.05, 0.1) is 0 Å². The Morgan fingerprint density at radius 2 is 2.46 bits per heavy atom. The SMILES string of the molecule is C=NNCC12C/C=C\CCC[C@@H]1C2. The van der Waals surface area contributed by atoms with Crippen molar-refractivity contribution in [2.45, 2.75) is 32.1 Å². The standard InChI is InChI=1S/C11H18N2/c1-12-13-9-11-7-5-3-2-4-6-10(11)8-11/h3,5,10,13H,1-2,4,6-9H2/b5-3-/t10-,11?/m1/s1. The second-order valence-electron chi connectivity index (χ2n) is 4.36. The van der Waals surface area contributed by atoms with E-state index in [0.717, 1.165) is 12.5 Å². The summed E-state index contributed by atoms with van der Waals surface area (Å²) in [5.41, 5.74) is 3.57. The molecule has 2 atom stereocenters. The summed E-state index contributed by atoms with van der Waals surface area (Å²) in [6.07, 6.45) is 11.4. The first kappa shape index (κ1) is 8.79. The average Bonchev–Trinajstić information content (AvgIpc) is 2.76. The van der Waals surface area contributed by atoms with E-state index < -0.39 is 0 Å². The van der Waals surface area contributed by atoms with Crippen molar-refractivity contribution in [1.82, 2.24) is 5.43 Å². The highest BCUT2D eigenvalue weighted by Gasteiger charge is 2.52. The van der Waals surface area contributed by atoms with Crippen molar-refractivity contribution in [2.75, 3.05) is 6.54 Å². The molecule has 2 aliphatic carbocycles. The number of hydrogen-bond acceptors (Lipinski definition) is 2. The van der Waals surface area contributed by atoms with E-state index in [1.54, 1.807) is 0 Å². The number of rotatable bonds is 3. The molecule has 1 saturated carbocycles. The van der Waals surface area contributed by atoms with E-state index in [0.29, 0.717) is 5.41 Å². The van der Waals surface area contributed by atoms with Crippen LogP contribution in [0.15, 0.2) is 17.3 Å². The average molecular weight is 178 g/mol. The molecule has 0 spiro atoms. The largest absolute Gasteiger partial charge is 0.310 e. The summed E-state index contributed by atoms with van der Waals surface area (Å²) < 4.78 is 0. The Morgan fingerprint density at radius 3 is 3.31 bits per heavy atom. The second kappa shape index (κ2) is 3.52. The third-order valence-corrected chi connectivity index (χ3v) is 3.52. The van der Waals surface area contributed by atoms with Gasteiger partial charge in [0, 0.05) is 13.3 Å². The molecule has 0 heterocycles. The van der Waals surface area contributed by atoms with Gasteiger partial charge in [-0.2, -0.15) is 5.10 Å². The molecular weight excluding hydrogens is 160 g/mol. The van der Waals surface area contributed by atoms with Crippen molar-refractivity contribution in [2.24, 2.45) is 16.4 Å². The van der Waals surface area contributed by atoms with Gasteiger partial charge in [-0.3, -0.25) is 0 Å². The van der Waals surface area contributed by atoms with Gasteiger partial charge >= 0.3 is 0 Å². The Kier molecular flexibility index (Phi) is 2.38. The summed E-state index contributed by atoms with van der Waals surface area (Å²) in [6, 6.07) is 0. The lowest BCUT2D eigenvalue weighted by molar-refractivity contribution is 0.406. The predicted molar refractivity (Wildman–Crippen MR) is 55.7 cm³/mol. The van der Waals surface area contributed by atoms with E-state index in [9.17, 15) is 0 Å². The normalized spacial score (nSPS) is 39.5. The summed E-state index contributed by atoms with van der Waals surface area (Å²) in [4.78, 5) is 0. The summed E-state index contributed by atoms with van der Waals surface area (Å²) in [7, 11) is 0. The van der Waals surface area contributed by atoms with Gasteiger partial charge in [-0.25, -0.2) is 0 Å². The van der Waals surface area contributed by atoms with Crippen LogP contribution in [-0.2, 0) is 0 Å². The molecule has 2 nitrogen and oxygen atoms in total. The molecule has 0 aromatic rings. The minimum Gasteiger partial charge on any atom is -0.310 e. The summed E-state index contributed by atoms with van der Waals surface area (Å²) in [6.45, 7) is 4.48. The zero-order valence-corrected chi connectivity index (χ0v) is 8.13. The molecule has 0 radical (unpaired) electrons. The molecule has 72 valence electrons. The maximum absolute atomic E-state index is 3.73. The third-order valence-electron chi connectivity index (χ3n) is 3.52. The van der Waals surface area contributed by atoms with E-state index in [1.165, 1.54) is 32.1 Å². The lowest BCUT2D eigenvalue weighted by atomic mass is 9.94. The maximum atomic E-state index is 3.73. The number of hydrogen-bond donors (Lipinski definition) is 1. The molecule has 2 aliphatic rings. The van der Waals surface area contributed by atoms with Gasteiger partial charge in [0.1, 0.15) is 0 Å². The van der Waals surface area contributed by atoms with Gasteiger partial charge < -0.3 is 5.43 Å². The first-order valence-electron chi connectivity index (χ1n) is 5.21. The molecule has 1 N–H and O–H groups in total. The van der Waals surface area contributed by atoms with Crippen molar-refractivity contribution >= 4 is 6.72 Å². The van der Waals surface area contributed by atoms with Crippen LogP contribution in [0.1, 0.15) is 32.1 Å². The van der Waals surface area contributed by atoms with Crippen molar-refractivity contribution in [3.8, 4) is 0 Å². The molecule has 0 aromatic heterocycles. The van der Waals surface area contributed by atoms with Crippen LogP contribution in [0.5, 0.6) is 0 Å². The van der Waals surface area contributed by atoms with Gasteiger partial charge in [-0.05, 0) is 43.4 Å². The smallest absolute Gasteiger partial charge is 0.0391 e. The molecule has 0 bridgehead atoms. The van der Waals surface area contributed by atoms with Crippen LogP contribution in [-0.4, -0.2) is 13.3 Å². The van der Waals surface area contributed by atoms with Crippen molar-refractivity contribution in [1.29, 1.82) is 0 Å². The molecule has 2 rings (SSSR count). The quantitative estimate of drug-likeness (QED) is 0.400. The Bertz CT molecular complexity index is 222. The predicted octanol–water partition coefficient (Wildman–Crippen LogP) is 2.33. The number of nitrogens with zero attached hydrogens (tertiary/aromatic N) is 1. The minimum absolute atomic E-state index is 0.540. The molecule has 1 unspecified atom stereocenters. The Hall–Kier alpha value is -0.790. The highest BCUT2D eigenvalue weighted by atomic mass is 15.3. The second-order valence-corrected chi connectivity index (χ2v) is 4.36. The lowest BCUT2D eigenvalue weighted by Gasteiger charge is -2.16. The monoisotopic (exact) mass is 178 g/mol. The van der Waals surface area contributed by atoms with Crippen LogP contribution in [0.25, 0.3) is 0 Å². The van der Waals surface area contributed by atoms with Gasteiger partial charge in [0.15, 0.2) is 0 Å². The Balaban J connectivity index is 1.94. The van der Waals surface area contributed by atoms with Crippen LogP contribution in [0.2, 0.25) is 0 Å². The molecule has 0 amide bonds. The Morgan fingerprint density at radius 1 is 1.54 bits per heavy atom. The molecule has 13 heavy (non-hydrogen) atoms. The molecule has 0 saturated heterocycles. The van der Waals surface area contributed by atoms with Crippen LogP contribution in [0.4, 0.5) is 0 Å². The lowest BCUT2D eigenvalue weighted by Crippen LogP contribution is -2.21. The summed E-state index contributed by atoms with van der Waals surface area (Å²) in [5, 5.41) is 3.73. The zero-order chi connectivity index (χ0) is 9.15. The van der Waals surface area contributed by atoms with Crippen molar-refractivity contribution in [3.05, 3.63) is 12.2 Å². The summed E-state index contributed by atoms with van der Waals surface area (Å²) >= 11 is 0. The minimum atomic E-state index is 0.540. The molecule has 0 aromatic carbocycles. The molecular formula is C11H18N2. The van der Waals surface area contributed by atoms with E-state index >= 15 is 0 Å². The van der Waals surface area contributed by atoms with Gasteiger partial charge in [0.2, 0.25) is 0 Å². The van der Waals surface area contributed by atoms with Crippen molar-refractivity contribution < 1.29 is 0 Å². The summed E-state index contributed by atoms with van der Waals surface area (Å²) in [5.74, 6) is 0.951. The van der Waals surface area contributed by atoms with Gasteiger partial charge in [-0.15, -0.1) is 0 Å². The van der Waals surface area contributed by atoms with Crippen molar-refractivity contribution in [3.63, 3.8) is 0 Å². The van der Waals surface area contributed by atoms with E-state index in [1.807, 2.05) is 0 Å².